The first-order valence-electron chi connectivity index (χ1n) is 13.3. The number of fused-ring (bicyclic) bond motifs is 1. The summed E-state index contributed by atoms with van der Waals surface area (Å²) in [5, 5.41) is 1.73. The Morgan fingerprint density at radius 2 is 0.786 bits per heavy atom. The number of nitrogens with two attached hydrogens (primary N) is 2. The van der Waals surface area contributed by atoms with E-state index in [9.17, 15) is 9.59 Å². The van der Waals surface area contributed by atoms with Crippen LogP contribution in [0.1, 0.15) is 31.8 Å². The largest absolute Gasteiger partial charge is 0.457 e. The molecule has 204 valence electrons. The van der Waals surface area contributed by atoms with Crippen LogP contribution in [-0.2, 0) is 0 Å². The van der Waals surface area contributed by atoms with E-state index >= 15 is 0 Å². The van der Waals surface area contributed by atoms with Crippen LogP contribution in [0.4, 0.5) is 11.4 Å². The Balaban J connectivity index is 1.15. The Kier molecular flexibility index (Phi) is 7.10. The minimum Gasteiger partial charge on any atom is -0.457 e. The molecule has 6 rings (SSSR count). The van der Waals surface area contributed by atoms with Gasteiger partial charge in [-0.05, 0) is 95.7 Å². The molecule has 0 aliphatic carbocycles. The fourth-order valence-electron chi connectivity index (χ4n) is 4.64. The molecule has 0 spiro atoms. The fourth-order valence-corrected chi connectivity index (χ4v) is 4.64. The molecule has 4 N–H and O–H groups in total. The van der Waals surface area contributed by atoms with Gasteiger partial charge in [-0.1, -0.05) is 36.4 Å². The molecule has 0 aromatic heterocycles. The summed E-state index contributed by atoms with van der Waals surface area (Å²) in [6.07, 6.45) is 0. The first-order valence-corrected chi connectivity index (χ1v) is 13.3. The monoisotopic (exact) mass is 550 g/mol. The van der Waals surface area contributed by atoms with Crippen molar-refractivity contribution in [3.8, 4) is 23.0 Å². The van der Waals surface area contributed by atoms with Crippen LogP contribution in [0.2, 0.25) is 0 Å². The van der Waals surface area contributed by atoms with Crippen LogP contribution in [0.25, 0.3) is 10.8 Å². The van der Waals surface area contributed by atoms with Crippen molar-refractivity contribution in [2.75, 3.05) is 11.5 Å². The molecule has 0 aliphatic rings. The van der Waals surface area contributed by atoms with Gasteiger partial charge in [0.1, 0.15) is 23.0 Å². The maximum absolute atomic E-state index is 13.2. The lowest BCUT2D eigenvalue weighted by Gasteiger charge is -2.09. The second kappa shape index (κ2) is 11.3. The highest BCUT2D eigenvalue weighted by Crippen LogP contribution is 2.27. The number of rotatable bonds is 8. The average molecular weight is 551 g/mol. The summed E-state index contributed by atoms with van der Waals surface area (Å²) in [5.41, 5.74) is 15.1. The first-order chi connectivity index (χ1) is 20.4. The van der Waals surface area contributed by atoms with Crippen LogP contribution in [0, 0.1) is 0 Å². The first kappa shape index (κ1) is 26.3. The number of hydrogen-bond acceptors (Lipinski definition) is 6. The van der Waals surface area contributed by atoms with Crippen LogP contribution in [0.3, 0.4) is 0 Å². The van der Waals surface area contributed by atoms with Gasteiger partial charge in [0.2, 0.25) is 0 Å². The van der Waals surface area contributed by atoms with Gasteiger partial charge in [0.15, 0.2) is 11.6 Å². The summed E-state index contributed by atoms with van der Waals surface area (Å²) in [6, 6.07) is 39.2. The van der Waals surface area contributed by atoms with Crippen molar-refractivity contribution in [1.29, 1.82) is 0 Å². The van der Waals surface area contributed by atoms with Gasteiger partial charge in [0.05, 0.1) is 0 Å². The lowest BCUT2D eigenvalue weighted by Crippen LogP contribution is -2.02. The van der Waals surface area contributed by atoms with Crippen LogP contribution in [0.15, 0.2) is 133 Å². The standard InChI is InChI=1S/C36H26N2O4/c37-29-3-1-5-33(21-29)41-31-15-11-23(12-16-31)35(39)27-9-7-26-20-28(10-8-25(26)19-27)36(40)24-13-17-32(18-14-24)42-34-6-2-4-30(38)22-34/h1-22H,37-38H2. The molecule has 6 aromatic rings. The molecule has 0 unspecified atom stereocenters. The van der Waals surface area contributed by atoms with Gasteiger partial charge in [-0.15, -0.1) is 0 Å². The molecule has 0 amide bonds. The van der Waals surface area contributed by atoms with E-state index in [2.05, 4.69) is 0 Å². The SMILES string of the molecule is Nc1cccc(Oc2ccc(C(=O)c3ccc4cc(C(=O)c5ccc(Oc6cccc(N)c6)cc5)ccc4c3)cc2)c1. The zero-order valence-corrected chi connectivity index (χ0v) is 22.5. The molecular weight excluding hydrogens is 524 g/mol. The molecule has 0 saturated carbocycles. The number of hydrogen-bond donors (Lipinski definition) is 2. The number of benzene rings is 6. The summed E-state index contributed by atoms with van der Waals surface area (Å²) >= 11 is 0. The topological polar surface area (TPSA) is 105 Å². The van der Waals surface area contributed by atoms with Crippen molar-refractivity contribution >= 4 is 33.7 Å². The smallest absolute Gasteiger partial charge is 0.193 e. The van der Waals surface area contributed by atoms with E-state index in [4.69, 9.17) is 20.9 Å². The molecule has 0 aliphatic heterocycles. The Labute approximate surface area is 242 Å². The number of carbonyl (C=O) groups excluding carboxylic acids is 2. The minimum absolute atomic E-state index is 0.104. The number of ketones is 2. The van der Waals surface area contributed by atoms with Crippen molar-refractivity contribution in [3.63, 3.8) is 0 Å². The molecule has 0 radical (unpaired) electrons. The molecule has 42 heavy (non-hydrogen) atoms. The van der Waals surface area contributed by atoms with Crippen molar-refractivity contribution in [1.82, 2.24) is 0 Å². The highest BCUT2D eigenvalue weighted by atomic mass is 16.5. The summed E-state index contributed by atoms with van der Waals surface area (Å²) in [5.74, 6) is 2.26. The molecule has 6 aromatic carbocycles. The van der Waals surface area contributed by atoms with Gasteiger partial charge in [0, 0.05) is 45.8 Å². The van der Waals surface area contributed by atoms with E-state index in [0.717, 1.165) is 10.8 Å². The van der Waals surface area contributed by atoms with E-state index in [1.807, 2.05) is 48.5 Å². The van der Waals surface area contributed by atoms with Gasteiger partial charge in [-0.2, -0.15) is 0 Å². The molecule has 0 heterocycles. The molecule has 0 fully saturated rings. The average Bonchev–Trinajstić information content (AvgIpc) is 3.01. The van der Waals surface area contributed by atoms with Gasteiger partial charge < -0.3 is 20.9 Å². The van der Waals surface area contributed by atoms with E-state index in [1.165, 1.54) is 0 Å². The number of nitrogen functional groups attached to an aromatic ring is 2. The highest BCUT2D eigenvalue weighted by Gasteiger charge is 2.13. The van der Waals surface area contributed by atoms with Crippen molar-refractivity contribution in [2.45, 2.75) is 0 Å². The molecule has 0 bridgehead atoms. The third-order valence-electron chi connectivity index (χ3n) is 6.79. The summed E-state index contributed by atoms with van der Waals surface area (Å²) < 4.78 is 11.6. The maximum atomic E-state index is 13.2. The minimum atomic E-state index is -0.104. The van der Waals surface area contributed by atoms with Gasteiger partial charge >= 0.3 is 0 Å². The van der Waals surface area contributed by atoms with E-state index < -0.39 is 0 Å². The summed E-state index contributed by atoms with van der Waals surface area (Å²) in [7, 11) is 0. The number of carbonyl (C=O) groups is 2. The van der Waals surface area contributed by atoms with E-state index in [1.54, 1.807) is 84.9 Å². The maximum Gasteiger partial charge on any atom is 0.193 e. The molecule has 6 heteroatoms. The van der Waals surface area contributed by atoms with Crippen molar-refractivity contribution in [2.24, 2.45) is 0 Å². The van der Waals surface area contributed by atoms with Gasteiger partial charge in [0.25, 0.3) is 0 Å². The summed E-state index contributed by atoms with van der Waals surface area (Å²) in [4.78, 5) is 26.4. The normalized spacial score (nSPS) is 10.8. The Morgan fingerprint density at radius 3 is 1.17 bits per heavy atom. The van der Waals surface area contributed by atoms with Crippen molar-refractivity contribution in [3.05, 3.63) is 156 Å². The Hall–Kier alpha value is -5.88. The van der Waals surface area contributed by atoms with Gasteiger partial charge in [-0.3, -0.25) is 9.59 Å². The molecule has 0 saturated heterocycles. The zero-order chi connectivity index (χ0) is 29.1. The third-order valence-corrected chi connectivity index (χ3v) is 6.79. The second-order valence-electron chi connectivity index (χ2n) is 9.83. The van der Waals surface area contributed by atoms with E-state index in [-0.39, 0.29) is 11.6 Å². The zero-order valence-electron chi connectivity index (χ0n) is 22.5. The number of ether oxygens (including phenoxy) is 2. The predicted octanol–water partition coefficient (Wildman–Crippen LogP) is 8.05. The van der Waals surface area contributed by atoms with Crippen LogP contribution in [-0.4, -0.2) is 11.6 Å². The lowest BCUT2D eigenvalue weighted by atomic mass is 9.96. The predicted molar refractivity (Wildman–Crippen MR) is 166 cm³/mol. The quantitative estimate of drug-likeness (QED) is 0.147. The second-order valence-corrected chi connectivity index (χ2v) is 9.83. The summed E-state index contributed by atoms with van der Waals surface area (Å²) in [6.45, 7) is 0. The third kappa shape index (κ3) is 5.83. The van der Waals surface area contributed by atoms with Crippen LogP contribution >= 0.6 is 0 Å². The molecular formula is C36H26N2O4. The van der Waals surface area contributed by atoms with Gasteiger partial charge in [-0.25, -0.2) is 0 Å². The van der Waals surface area contributed by atoms with Crippen LogP contribution in [0.5, 0.6) is 23.0 Å². The van der Waals surface area contributed by atoms with E-state index in [0.29, 0.717) is 56.6 Å². The number of anilines is 2. The fraction of sp³-hybridized carbons (Fsp3) is 0. The highest BCUT2D eigenvalue weighted by molar-refractivity contribution is 6.12. The van der Waals surface area contributed by atoms with Crippen LogP contribution < -0.4 is 20.9 Å². The lowest BCUT2D eigenvalue weighted by molar-refractivity contribution is 0.103. The molecule has 6 nitrogen and oxygen atoms in total. The molecule has 0 atom stereocenters. The Morgan fingerprint density at radius 1 is 0.405 bits per heavy atom. The van der Waals surface area contributed by atoms with Crippen molar-refractivity contribution < 1.29 is 19.1 Å². The Bertz CT molecular complexity index is 1790.